The molecule has 0 aliphatic rings. The topological polar surface area (TPSA) is 69.7 Å². The largest absolute Gasteiger partial charge is 0.519 e. The number of hydrogen-bond donors (Lipinski definition) is 0. The summed E-state index contributed by atoms with van der Waals surface area (Å²) in [6, 6.07) is 0. The molecule has 0 unspecified atom stereocenters. The first-order valence-corrected chi connectivity index (χ1v) is 13.0. The van der Waals surface area contributed by atoms with Gasteiger partial charge in [0, 0.05) is 0 Å². The lowest BCUT2D eigenvalue weighted by Crippen LogP contribution is -2.33. The van der Waals surface area contributed by atoms with E-state index in [0.717, 1.165) is 0 Å². The van der Waals surface area contributed by atoms with Gasteiger partial charge in [0.25, 0.3) is 0 Å². The van der Waals surface area contributed by atoms with E-state index in [1.54, 1.807) is 0 Å². The van der Waals surface area contributed by atoms with E-state index < -0.39 is 28.6 Å². The van der Waals surface area contributed by atoms with Gasteiger partial charge in [-0.3, -0.25) is 9.59 Å². The first kappa shape index (κ1) is 20.4. The van der Waals surface area contributed by atoms with Crippen LogP contribution in [0.25, 0.3) is 0 Å². The molecule has 0 amide bonds. The van der Waals surface area contributed by atoms with Crippen molar-refractivity contribution >= 4 is 34.4 Å². The fourth-order valence-electron chi connectivity index (χ4n) is 0.873. The van der Waals surface area contributed by atoms with Gasteiger partial charge in [0.05, 0.1) is 0 Å². The predicted molar refractivity (Wildman–Crippen MR) is 79.8 cm³/mol. The molecule has 0 saturated heterocycles. The number of ketones is 1. The average Bonchev–Trinajstić information content (AvgIpc) is 1.91. The van der Waals surface area contributed by atoms with Crippen molar-refractivity contribution in [1.82, 2.24) is 0 Å². The molecule has 5 nitrogen and oxygen atoms in total. The minimum Gasteiger partial charge on any atom is -0.519 e. The Morgan fingerprint density at radius 3 is 1.11 bits per heavy atom. The van der Waals surface area contributed by atoms with Crippen molar-refractivity contribution in [2.45, 2.75) is 59.6 Å². The van der Waals surface area contributed by atoms with Crippen molar-refractivity contribution in [2.75, 3.05) is 0 Å². The molecule has 0 radical (unpaired) electrons. The van der Waals surface area contributed by atoms with Crippen LogP contribution in [0.5, 0.6) is 0 Å². The molecule has 7 heteroatoms. The molecule has 0 N–H and O–H groups in total. The summed E-state index contributed by atoms with van der Waals surface area (Å²) in [6.45, 7) is 14.4. The molecule has 112 valence electrons. The molecule has 0 fully saturated rings. The van der Waals surface area contributed by atoms with Crippen LogP contribution in [0.2, 0.25) is 39.3 Å². The average molecular weight is 307 g/mol. The van der Waals surface area contributed by atoms with E-state index in [9.17, 15) is 14.4 Å². The first-order valence-electron chi connectivity index (χ1n) is 6.14. The van der Waals surface area contributed by atoms with Crippen molar-refractivity contribution in [3.05, 3.63) is 0 Å². The van der Waals surface area contributed by atoms with E-state index in [1.807, 2.05) is 39.3 Å². The van der Waals surface area contributed by atoms with Gasteiger partial charge in [0.1, 0.15) is 12.2 Å². The minimum absolute atomic E-state index is 0.167. The number of Topliss-reactive ketones (excluding diaryl/α,β-unsaturated/α-hetero) is 1. The van der Waals surface area contributed by atoms with Crippen LogP contribution < -0.4 is 0 Å². The lowest BCUT2D eigenvalue weighted by molar-refractivity contribution is -0.145. The summed E-state index contributed by atoms with van der Waals surface area (Å²) in [4.78, 5) is 32.0. The maximum atomic E-state index is 11.3. The third kappa shape index (κ3) is 22.7. The molecule has 0 heterocycles. The van der Waals surface area contributed by atoms with E-state index in [0.29, 0.717) is 0 Å². The number of rotatable bonds is 4. The SMILES string of the molecule is CC(C)=O.C[Si](C)(C)OC(=O)CC(=O)O[Si](C)(C)C. The van der Waals surface area contributed by atoms with Gasteiger partial charge in [0.15, 0.2) is 0 Å². The number of hydrogen-bond acceptors (Lipinski definition) is 5. The summed E-state index contributed by atoms with van der Waals surface area (Å²) in [5.41, 5.74) is 0. The quantitative estimate of drug-likeness (QED) is 0.590. The van der Waals surface area contributed by atoms with Crippen LogP contribution in [-0.4, -0.2) is 34.4 Å². The molecule has 0 saturated carbocycles. The Labute approximate surface area is 117 Å². The highest BCUT2D eigenvalue weighted by molar-refractivity contribution is 6.72. The summed E-state index contributed by atoms with van der Waals surface area (Å²) in [7, 11) is -3.78. The zero-order valence-corrected chi connectivity index (χ0v) is 15.2. The summed E-state index contributed by atoms with van der Waals surface area (Å²) in [5, 5.41) is 0. The fraction of sp³-hybridized carbons (Fsp3) is 0.750. The van der Waals surface area contributed by atoms with Crippen molar-refractivity contribution in [2.24, 2.45) is 0 Å². The lowest BCUT2D eigenvalue weighted by Gasteiger charge is -2.19. The Kier molecular flexibility index (Phi) is 8.85. The Morgan fingerprint density at radius 1 is 0.737 bits per heavy atom. The zero-order valence-electron chi connectivity index (χ0n) is 13.2. The van der Waals surface area contributed by atoms with E-state index in [4.69, 9.17) is 8.85 Å². The maximum absolute atomic E-state index is 11.3. The molecule has 0 aromatic carbocycles. The van der Waals surface area contributed by atoms with Crippen LogP contribution in [0, 0.1) is 0 Å². The fourth-order valence-corrected chi connectivity index (χ4v) is 2.38. The molecule has 0 spiro atoms. The van der Waals surface area contributed by atoms with Crippen LogP contribution in [0.15, 0.2) is 0 Å². The van der Waals surface area contributed by atoms with Crippen molar-refractivity contribution in [3.63, 3.8) is 0 Å². The minimum atomic E-state index is -1.89. The molecule has 0 atom stereocenters. The highest BCUT2D eigenvalue weighted by Crippen LogP contribution is 2.08. The highest BCUT2D eigenvalue weighted by Gasteiger charge is 2.25. The highest BCUT2D eigenvalue weighted by atomic mass is 28.4. The molecule has 0 aliphatic heterocycles. The monoisotopic (exact) mass is 306 g/mol. The van der Waals surface area contributed by atoms with Crippen molar-refractivity contribution in [1.29, 1.82) is 0 Å². The molecule has 0 rings (SSSR count). The van der Waals surface area contributed by atoms with Gasteiger partial charge in [-0.25, -0.2) is 0 Å². The number of carbonyl (C=O) groups is 3. The van der Waals surface area contributed by atoms with Crippen LogP contribution >= 0.6 is 0 Å². The predicted octanol–water partition coefficient (Wildman–Crippen LogP) is 2.73. The Hall–Kier alpha value is -0.956. The Morgan fingerprint density at radius 2 is 0.947 bits per heavy atom. The molecule has 0 aromatic heterocycles. The van der Waals surface area contributed by atoms with E-state index in [1.165, 1.54) is 13.8 Å². The van der Waals surface area contributed by atoms with Gasteiger partial charge in [0.2, 0.25) is 16.6 Å². The summed E-state index contributed by atoms with van der Waals surface area (Å²) in [6.07, 6.45) is -0.269. The van der Waals surface area contributed by atoms with E-state index >= 15 is 0 Å². The van der Waals surface area contributed by atoms with Gasteiger partial charge in [-0.2, -0.15) is 0 Å². The van der Waals surface area contributed by atoms with Gasteiger partial charge in [-0.05, 0) is 53.1 Å². The smallest absolute Gasteiger partial charge is 0.303 e. The normalized spacial score (nSPS) is 10.9. The third-order valence-corrected chi connectivity index (χ3v) is 2.81. The van der Waals surface area contributed by atoms with E-state index in [2.05, 4.69) is 0 Å². The Bertz CT molecular complexity index is 296. The molecule has 0 bridgehead atoms. The van der Waals surface area contributed by atoms with E-state index in [-0.39, 0.29) is 12.2 Å². The second kappa shape index (κ2) is 8.26. The summed E-state index contributed by atoms with van der Waals surface area (Å²) in [5.74, 6) is -0.783. The van der Waals surface area contributed by atoms with Gasteiger partial charge < -0.3 is 13.6 Å². The van der Waals surface area contributed by atoms with Crippen LogP contribution in [-0.2, 0) is 23.2 Å². The van der Waals surface area contributed by atoms with Crippen LogP contribution in [0.1, 0.15) is 20.3 Å². The standard InChI is InChI=1S/C9H20O4Si2.C3H6O/c1-14(2,3)12-8(10)7-9(11)13-15(4,5)6;1-3(2)4/h7H2,1-6H3;1-2H3. The van der Waals surface area contributed by atoms with Crippen LogP contribution in [0.4, 0.5) is 0 Å². The van der Waals surface area contributed by atoms with Crippen molar-refractivity contribution < 1.29 is 23.2 Å². The Balaban J connectivity index is 0. The molecule has 0 aliphatic carbocycles. The first-order chi connectivity index (χ1) is 8.23. The second-order valence-corrected chi connectivity index (χ2v) is 15.1. The maximum Gasteiger partial charge on any atom is 0.303 e. The third-order valence-electron chi connectivity index (χ3n) is 1.13. The molecule has 0 aromatic rings. The number of carbonyl (C=O) groups excluding carboxylic acids is 3. The second-order valence-electron chi connectivity index (χ2n) is 6.26. The molecular weight excluding hydrogens is 280 g/mol. The lowest BCUT2D eigenvalue weighted by atomic mass is 10.5. The molecular formula is C12H26O5Si2. The zero-order chi connectivity index (χ0) is 15.9. The van der Waals surface area contributed by atoms with Gasteiger partial charge in [-0.1, -0.05) is 0 Å². The van der Waals surface area contributed by atoms with Gasteiger partial charge in [-0.15, -0.1) is 0 Å². The van der Waals surface area contributed by atoms with Gasteiger partial charge >= 0.3 is 11.9 Å². The summed E-state index contributed by atoms with van der Waals surface area (Å²) < 4.78 is 10.3. The van der Waals surface area contributed by atoms with Crippen molar-refractivity contribution in [3.8, 4) is 0 Å². The molecule has 19 heavy (non-hydrogen) atoms. The van der Waals surface area contributed by atoms with Crippen LogP contribution in [0.3, 0.4) is 0 Å². The summed E-state index contributed by atoms with van der Waals surface area (Å²) >= 11 is 0.